The third-order valence-corrected chi connectivity index (χ3v) is 7.21. The number of allylic oxidation sites excluding steroid dienone is 8. The van der Waals surface area contributed by atoms with Gasteiger partial charge >= 0.3 is 0 Å². The Kier molecular flexibility index (Phi) is 6.10. The van der Waals surface area contributed by atoms with Crippen molar-refractivity contribution >= 4 is 52.4 Å². The molecule has 7 nitrogen and oxygen atoms in total. The molecule has 0 unspecified atom stereocenters. The number of rotatable bonds is 1. The summed E-state index contributed by atoms with van der Waals surface area (Å²) in [5.41, 5.74) is 6.50. The minimum atomic E-state index is -0.0990. The molecule has 2 N–H and O–H groups in total. The van der Waals surface area contributed by atoms with Crippen molar-refractivity contribution in [1.82, 2.24) is 15.2 Å². The van der Waals surface area contributed by atoms with E-state index in [9.17, 15) is 4.79 Å². The number of nitrogens with zero attached hydrogens (tertiary/aromatic N) is 4. The first kappa shape index (κ1) is 24.2. The minimum Gasteiger partial charge on any atom is -0.346 e. The number of aromatic nitrogens is 1. The zero-order chi connectivity index (χ0) is 24.9. The van der Waals surface area contributed by atoms with Gasteiger partial charge in [0.15, 0.2) is 0 Å². The molecule has 7 heterocycles. The van der Waals surface area contributed by atoms with Crippen LogP contribution in [0.2, 0.25) is 0 Å². The molecule has 0 saturated heterocycles. The Morgan fingerprint density at radius 3 is 1.95 bits per heavy atom. The molecule has 9 heteroatoms. The number of aliphatic imine (C=N–C) groups is 3. The van der Waals surface area contributed by atoms with E-state index in [2.05, 4.69) is 21.7 Å². The number of hydrogen-bond acceptors (Lipinski definition) is 7. The van der Waals surface area contributed by atoms with Gasteiger partial charge in [0, 0.05) is 49.2 Å². The monoisotopic (exact) mass is 564 g/mol. The van der Waals surface area contributed by atoms with Crippen molar-refractivity contribution in [3.05, 3.63) is 112 Å². The van der Waals surface area contributed by atoms with E-state index in [-0.39, 0.29) is 25.4 Å². The van der Waals surface area contributed by atoms with Crippen molar-refractivity contribution in [1.29, 1.82) is 0 Å². The van der Waals surface area contributed by atoms with Crippen LogP contribution in [-0.4, -0.2) is 27.6 Å². The molecule has 5 aliphatic heterocycles. The summed E-state index contributed by atoms with van der Waals surface area (Å²) < 4.78 is 1.76. The standard InChI is InChI=1S/C29H20N6OS.Zn/c1-17(36)35-24-15-22-8-6-20(33-22)13-18-4-5-19(32-18)14-21-7-9-23(34-21)16-25(35)28(29-30-10-11-31-29)27(24)26-3-2-12-37-26;/h2-16,30-31H,1H3;. The van der Waals surface area contributed by atoms with Crippen molar-refractivity contribution in [2.45, 2.75) is 6.92 Å². The normalized spacial score (nSPS) is 18.1. The summed E-state index contributed by atoms with van der Waals surface area (Å²) in [6, 6.07) is 4.09. The zero-order valence-corrected chi connectivity index (χ0v) is 24.3. The second-order valence-corrected chi connectivity index (χ2v) is 9.76. The molecule has 0 aromatic carbocycles. The topological polar surface area (TPSA) is 83.1 Å². The van der Waals surface area contributed by atoms with Crippen LogP contribution in [0, 0.1) is 0 Å². The number of hydrogen-bond donors (Lipinski definition) is 2. The maximum atomic E-state index is 13.3. The molecule has 0 saturated carbocycles. The second-order valence-electron chi connectivity index (χ2n) is 8.81. The van der Waals surface area contributed by atoms with Gasteiger partial charge in [-0.05, 0) is 72.2 Å². The van der Waals surface area contributed by atoms with Gasteiger partial charge < -0.3 is 10.6 Å². The van der Waals surface area contributed by atoms with Crippen LogP contribution < -0.4 is 21.2 Å². The molecule has 0 spiro atoms. The maximum absolute atomic E-state index is 13.3. The molecule has 8 bridgehead atoms. The first-order valence-electron chi connectivity index (χ1n) is 11.8. The van der Waals surface area contributed by atoms with Gasteiger partial charge in [-0.3, -0.25) is 9.36 Å². The Morgan fingerprint density at radius 1 is 0.816 bits per heavy atom. The molecule has 5 aliphatic rings. The van der Waals surface area contributed by atoms with Gasteiger partial charge in [-0.2, -0.15) is 0 Å². The van der Waals surface area contributed by atoms with Crippen molar-refractivity contribution in [2.75, 3.05) is 0 Å². The molecule has 7 rings (SSSR count). The third-order valence-electron chi connectivity index (χ3n) is 6.33. The molecule has 0 atom stereocenters. The van der Waals surface area contributed by atoms with Crippen molar-refractivity contribution in [2.24, 2.45) is 15.0 Å². The predicted octanol–water partition coefficient (Wildman–Crippen LogP) is 3.54. The van der Waals surface area contributed by atoms with E-state index >= 15 is 0 Å². The molecule has 38 heavy (non-hydrogen) atoms. The molecule has 0 aliphatic carbocycles. The molecular weight excluding hydrogens is 546 g/mol. The fourth-order valence-electron chi connectivity index (χ4n) is 4.83. The average Bonchev–Trinajstić information content (AvgIpc) is 3.70. The van der Waals surface area contributed by atoms with E-state index in [1.54, 1.807) is 22.8 Å². The quantitative estimate of drug-likeness (QED) is 0.519. The average molecular weight is 566 g/mol. The number of carbonyl (C=O) groups excluding carboxylic acids is 1. The SMILES string of the molecule is CC(=O)n1c2c(-c3cccs3)c(=C3NC=CN3)c1=CC1=NC(=CC3=NC(=CC4=NC(=C2)C=C4)C=C3)C=C1.[Zn]. The van der Waals surface area contributed by atoms with E-state index in [1.165, 1.54) is 0 Å². The number of fused-ring (bicyclic) bond motifs is 5. The molecule has 2 aromatic heterocycles. The minimum absolute atomic E-state index is 0. The summed E-state index contributed by atoms with van der Waals surface area (Å²) in [6.45, 7) is 1.58. The fraction of sp³-hybridized carbons (Fsp3) is 0.0345. The Morgan fingerprint density at radius 2 is 1.39 bits per heavy atom. The van der Waals surface area contributed by atoms with Gasteiger partial charge in [0.25, 0.3) is 0 Å². The van der Waals surface area contributed by atoms with E-state index in [0.29, 0.717) is 0 Å². The fourth-order valence-corrected chi connectivity index (χ4v) is 5.62. The number of nitrogens with one attached hydrogen (secondary N) is 2. The third kappa shape index (κ3) is 4.20. The van der Waals surface area contributed by atoms with Crippen LogP contribution in [0.4, 0.5) is 0 Å². The summed E-state index contributed by atoms with van der Waals surface area (Å²) in [4.78, 5) is 28.6. The summed E-state index contributed by atoms with van der Waals surface area (Å²) in [5.74, 6) is 0.705. The summed E-state index contributed by atoms with van der Waals surface area (Å²) in [7, 11) is 0. The van der Waals surface area contributed by atoms with Crippen LogP contribution in [0.1, 0.15) is 17.4 Å². The van der Waals surface area contributed by atoms with Gasteiger partial charge in [-0.15, -0.1) is 11.3 Å². The van der Waals surface area contributed by atoms with Crippen LogP contribution in [0.3, 0.4) is 0 Å². The molecule has 0 radical (unpaired) electrons. The number of thiophene rings is 1. The largest absolute Gasteiger partial charge is 0.346 e. The van der Waals surface area contributed by atoms with Crippen molar-refractivity contribution < 1.29 is 24.3 Å². The molecule has 0 fully saturated rings. The van der Waals surface area contributed by atoms with Gasteiger partial charge in [-0.25, -0.2) is 15.0 Å². The second kappa shape index (κ2) is 9.60. The van der Waals surface area contributed by atoms with Gasteiger partial charge in [0.1, 0.15) is 5.82 Å². The van der Waals surface area contributed by atoms with Crippen LogP contribution >= 0.6 is 11.3 Å². The van der Waals surface area contributed by atoms with E-state index in [4.69, 9.17) is 9.98 Å². The Bertz CT molecular complexity index is 1830. The molecular formula is C29H20N6OSZn. The van der Waals surface area contributed by atoms with Gasteiger partial charge in [-0.1, -0.05) is 6.07 Å². The molecule has 2 aromatic rings. The number of carbonyl (C=O) groups is 1. The summed E-state index contributed by atoms with van der Waals surface area (Å²) >= 11 is 1.63. The first-order chi connectivity index (χ1) is 18.1. The van der Waals surface area contributed by atoms with Crippen molar-refractivity contribution in [3.63, 3.8) is 0 Å². The van der Waals surface area contributed by atoms with Gasteiger partial charge in [0.2, 0.25) is 5.91 Å². The van der Waals surface area contributed by atoms with E-state index < -0.39 is 0 Å². The maximum Gasteiger partial charge on any atom is 0.228 e. The zero-order valence-electron chi connectivity index (χ0n) is 20.5. The van der Waals surface area contributed by atoms with Crippen LogP contribution in [0.25, 0.3) is 28.4 Å². The van der Waals surface area contributed by atoms with Crippen molar-refractivity contribution in [3.8, 4) is 10.4 Å². The summed E-state index contributed by atoms with van der Waals surface area (Å²) in [6.07, 6.45) is 23.3. The molecule has 0 amide bonds. The summed E-state index contributed by atoms with van der Waals surface area (Å²) in [5, 5.41) is 10.3. The first-order valence-corrected chi connectivity index (χ1v) is 12.7. The predicted molar refractivity (Wildman–Crippen MR) is 150 cm³/mol. The van der Waals surface area contributed by atoms with Crippen LogP contribution in [0.15, 0.2) is 111 Å². The molecule has 180 valence electrons. The van der Waals surface area contributed by atoms with Crippen LogP contribution in [-0.2, 0) is 19.5 Å². The Balaban J connectivity index is 0.00000264. The Labute approximate surface area is 235 Å². The van der Waals surface area contributed by atoms with E-state index in [0.717, 1.165) is 66.7 Å². The Hall–Kier alpha value is -4.20. The van der Waals surface area contributed by atoms with Crippen LogP contribution in [0.5, 0.6) is 0 Å². The van der Waals surface area contributed by atoms with Gasteiger partial charge in [0.05, 0.1) is 50.5 Å². The smallest absolute Gasteiger partial charge is 0.228 e. The van der Waals surface area contributed by atoms with E-state index in [1.807, 2.05) is 84.6 Å².